The number of nitrogens with one attached hydrogen (secondary N) is 1. The monoisotopic (exact) mass is 333 g/mol. The third-order valence-corrected chi connectivity index (χ3v) is 3.68. The fourth-order valence-electron chi connectivity index (χ4n) is 2.01. The number of hydrogen-bond donors (Lipinski definition) is 1. The van der Waals surface area contributed by atoms with Gasteiger partial charge in [0.2, 0.25) is 0 Å². The summed E-state index contributed by atoms with van der Waals surface area (Å²) in [6.45, 7) is 8.12. The Bertz CT molecular complexity index is 596. The highest BCUT2D eigenvalue weighted by molar-refractivity contribution is 9.10. The summed E-state index contributed by atoms with van der Waals surface area (Å²) in [5.74, 6) is 1.80. The highest BCUT2D eigenvalue weighted by atomic mass is 79.9. The summed E-state index contributed by atoms with van der Waals surface area (Å²) in [5, 5.41) is 3.33. The fraction of sp³-hybridized carbons (Fsp3) is 0.294. The first kappa shape index (κ1) is 15.1. The van der Waals surface area contributed by atoms with Crippen molar-refractivity contribution in [1.29, 1.82) is 0 Å². The molecule has 0 aliphatic rings. The van der Waals surface area contributed by atoms with Gasteiger partial charge in [-0.3, -0.25) is 0 Å². The van der Waals surface area contributed by atoms with Crippen molar-refractivity contribution in [2.24, 2.45) is 0 Å². The summed E-state index contributed by atoms with van der Waals surface area (Å²) in [6.07, 6.45) is 0. The largest absolute Gasteiger partial charge is 0.457 e. The van der Waals surface area contributed by atoms with Gasteiger partial charge in [-0.15, -0.1) is 0 Å². The molecule has 20 heavy (non-hydrogen) atoms. The molecule has 2 aromatic rings. The molecule has 0 saturated carbocycles. The van der Waals surface area contributed by atoms with Crippen LogP contribution in [-0.4, -0.2) is 6.54 Å². The molecule has 0 atom stereocenters. The van der Waals surface area contributed by atoms with Crippen LogP contribution >= 0.6 is 15.9 Å². The Kier molecular flexibility index (Phi) is 5.21. The van der Waals surface area contributed by atoms with Gasteiger partial charge in [-0.05, 0) is 55.3 Å². The lowest BCUT2D eigenvalue weighted by atomic mass is 10.1. The SMILES string of the molecule is CCNCc1ccc(Oc2cc(Br)ccc2C)c(C)c1. The molecule has 0 fully saturated rings. The molecule has 2 nitrogen and oxygen atoms in total. The van der Waals surface area contributed by atoms with Gasteiger partial charge in [-0.2, -0.15) is 0 Å². The molecule has 0 bridgehead atoms. The summed E-state index contributed by atoms with van der Waals surface area (Å²) in [6, 6.07) is 12.4. The highest BCUT2D eigenvalue weighted by Crippen LogP contribution is 2.30. The molecule has 0 aliphatic heterocycles. The molecule has 0 aliphatic carbocycles. The van der Waals surface area contributed by atoms with E-state index in [-0.39, 0.29) is 0 Å². The van der Waals surface area contributed by atoms with Crippen LogP contribution in [0.2, 0.25) is 0 Å². The average molecular weight is 334 g/mol. The molecule has 0 aromatic heterocycles. The van der Waals surface area contributed by atoms with Crippen molar-refractivity contribution in [3.63, 3.8) is 0 Å². The number of hydrogen-bond acceptors (Lipinski definition) is 2. The van der Waals surface area contributed by atoms with E-state index in [1.54, 1.807) is 0 Å². The van der Waals surface area contributed by atoms with Crippen molar-refractivity contribution in [2.45, 2.75) is 27.3 Å². The van der Waals surface area contributed by atoms with Crippen molar-refractivity contribution >= 4 is 15.9 Å². The maximum Gasteiger partial charge on any atom is 0.131 e. The molecular formula is C17H20BrNO. The second-order valence-electron chi connectivity index (χ2n) is 4.89. The van der Waals surface area contributed by atoms with E-state index in [9.17, 15) is 0 Å². The molecule has 0 radical (unpaired) electrons. The van der Waals surface area contributed by atoms with E-state index in [1.165, 1.54) is 5.56 Å². The van der Waals surface area contributed by atoms with Crippen LogP contribution in [0.15, 0.2) is 40.9 Å². The van der Waals surface area contributed by atoms with E-state index in [0.29, 0.717) is 0 Å². The lowest BCUT2D eigenvalue weighted by Gasteiger charge is -2.13. The van der Waals surface area contributed by atoms with E-state index >= 15 is 0 Å². The molecule has 106 valence electrons. The minimum Gasteiger partial charge on any atom is -0.457 e. The van der Waals surface area contributed by atoms with Gasteiger partial charge >= 0.3 is 0 Å². The van der Waals surface area contributed by atoms with Gasteiger partial charge in [0, 0.05) is 11.0 Å². The van der Waals surface area contributed by atoms with E-state index < -0.39 is 0 Å². The zero-order chi connectivity index (χ0) is 14.5. The molecule has 0 spiro atoms. The first-order chi connectivity index (χ1) is 9.60. The summed E-state index contributed by atoms with van der Waals surface area (Å²) in [5.41, 5.74) is 3.56. The van der Waals surface area contributed by atoms with Gasteiger partial charge in [0.05, 0.1) is 0 Å². The maximum absolute atomic E-state index is 6.03. The van der Waals surface area contributed by atoms with Crippen molar-refractivity contribution in [1.82, 2.24) is 5.32 Å². The van der Waals surface area contributed by atoms with Crippen molar-refractivity contribution < 1.29 is 4.74 Å². The van der Waals surface area contributed by atoms with Gasteiger partial charge in [-0.1, -0.05) is 41.1 Å². The Morgan fingerprint density at radius 3 is 2.50 bits per heavy atom. The average Bonchev–Trinajstić information content (AvgIpc) is 2.43. The molecule has 1 N–H and O–H groups in total. The zero-order valence-corrected chi connectivity index (χ0v) is 13.8. The van der Waals surface area contributed by atoms with Crippen LogP contribution in [0.4, 0.5) is 0 Å². The van der Waals surface area contributed by atoms with Crippen molar-refractivity contribution in [3.05, 3.63) is 57.6 Å². The fourth-order valence-corrected chi connectivity index (χ4v) is 2.35. The highest BCUT2D eigenvalue weighted by Gasteiger charge is 2.06. The second kappa shape index (κ2) is 6.91. The third kappa shape index (κ3) is 3.84. The lowest BCUT2D eigenvalue weighted by Crippen LogP contribution is -2.11. The number of ether oxygens (including phenoxy) is 1. The third-order valence-electron chi connectivity index (χ3n) is 3.19. The normalized spacial score (nSPS) is 10.6. The minimum absolute atomic E-state index is 0.891. The van der Waals surface area contributed by atoms with Gasteiger partial charge in [0.15, 0.2) is 0 Å². The maximum atomic E-state index is 6.03. The van der Waals surface area contributed by atoms with E-state index in [0.717, 1.165) is 40.2 Å². The molecule has 3 heteroatoms. The lowest BCUT2D eigenvalue weighted by molar-refractivity contribution is 0.474. The number of rotatable bonds is 5. The standard InChI is InChI=1S/C17H20BrNO/c1-4-19-11-14-6-8-16(13(3)9-14)20-17-10-15(18)7-5-12(17)2/h5-10,19H,4,11H2,1-3H3. The van der Waals surface area contributed by atoms with E-state index in [4.69, 9.17) is 4.74 Å². The Balaban J connectivity index is 2.19. The number of benzene rings is 2. The minimum atomic E-state index is 0.891. The Labute approximate surface area is 129 Å². The number of aryl methyl sites for hydroxylation is 2. The van der Waals surface area contributed by atoms with Gasteiger partial charge in [-0.25, -0.2) is 0 Å². The summed E-state index contributed by atoms with van der Waals surface area (Å²) in [4.78, 5) is 0. The molecule has 0 heterocycles. The van der Waals surface area contributed by atoms with Crippen LogP contribution in [0, 0.1) is 13.8 Å². The van der Waals surface area contributed by atoms with Crippen LogP contribution in [0.3, 0.4) is 0 Å². The number of halogens is 1. The van der Waals surface area contributed by atoms with Crippen LogP contribution in [0.25, 0.3) is 0 Å². The smallest absolute Gasteiger partial charge is 0.131 e. The summed E-state index contributed by atoms with van der Waals surface area (Å²) < 4.78 is 7.06. The second-order valence-corrected chi connectivity index (χ2v) is 5.81. The Morgan fingerprint density at radius 2 is 1.80 bits per heavy atom. The van der Waals surface area contributed by atoms with Crippen LogP contribution in [-0.2, 0) is 6.54 Å². The topological polar surface area (TPSA) is 21.3 Å². The zero-order valence-electron chi connectivity index (χ0n) is 12.2. The molecule has 2 rings (SSSR count). The van der Waals surface area contributed by atoms with Gasteiger partial charge < -0.3 is 10.1 Å². The molecule has 0 saturated heterocycles. The molecule has 0 amide bonds. The molecule has 2 aromatic carbocycles. The van der Waals surface area contributed by atoms with Crippen LogP contribution in [0.5, 0.6) is 11.5 Å². The predicted octanol–water partition coefficient (Wildman–Crippen LogP) is 4.97. The summed E-state index contributed by atoms with van der Waals surface area (Å²) in [7, 11) is 0. The molecule has 0 unspecified atom stereocenters. The Hall–Kier alpha value is -1.32. The first-order valence-electron chi connectivity index (χ1n) is 6.84. The van der Waals surface area contributed by atoms with Gasteiger partial charge in [0.1, 0.15) is 11.5 Å². The van der Waals surface area contributed by atoms with Crippen LogP contribution < -0.4 is 10.1 Å². The Morgan fingerprint density at radius 1 is 1.00 bits per heavy atom. The van der Waals surface area contributed by atoms with Crippen molar-refractivity contribution in [2.75, 3.05) is 6.54 Å². The van der Waals surface area contributed by atoms with Crippen molar-refractivity contribution in [3.8, 4) is 11.5 Å². The van der Waals surface area contributed by atoms with Crippen LogP contribution in [0.1, 0.15) is 23.6 Å². The molecular weight excluding hydrogens is 314 g/mol. The summed E-state index contributed by atoms with van der Waals surface area (Å²) >= 11 is 3.48. The van der Waals surface area contributed by atoms with Gasteiger partial charge in [0.25, 0.3) is 0 Å². The van der Waals surface area contributed by atoms with E-state index in [1.807, 2.05) is 24.3 Å². The predicted molar refractivity (Wildman–Crippen MR) is 87.5 cm³/mol. The first-order valence-corrected chi connectivity index (χ1v) is 7.63. The quantitative estimate of drug-likeness (QED) is 0.834. The van der Waals surface area contributed by atoms with E-state index in [2.05, 4.69) is 54.2 Å².